The minimum absolute atomic E-state index is 0.293. The largest absolute Gasteiger partial charge is 0.394 e. The van der Waals surface area contributed by atoms with Crippen LogP contribution in [0.5, 0.6) is 0 Å². The lowest BCUT2D eigenvalue weighted by atomic mass is 9.99. The average Bonchev–Trinajstić information content (AvgIpc) is 3.26. The first-order valence-electron chi connectivity index (χ1n) is 25.0. The number of amides is 1. The minimum atomic E-state index is -1.62. The van der Waals surface area contributed by atoms with Crippen molar-refractivity contribution in [3.63, 3.8) is 0 Å². The van der Waals surface area contributed by atoms with Crippen LogP contribution in [0.3, 0.4) is 0 Å². The number of ether oxygens (including phenoxy) is 2. The van der Waals surface area contributed by atoms with Gasteiger partial charge in [-0.15, -0.1) is 0 Å². The molecule has 1 aliphatic heterocycles. The Kier molecular flexibility index (Phi) is 38.3. The SMILES string of the molecule is CCCCCCCC/C=C/CC/C=C/CC/C=C/C(O)C(COC1OC(CO)C(O)C(O)C1O)NC(=O)C(O)CCCCCCCC/C=C\CCCCCCCCCCCC. The van der Waals surface area contributed by atoms with Gasteiger partial charge >= 0.3 is 0 Å². The molecule has 1 fully saturated rings. The minimum Gasteiger partial charge on any atom is -0.394 e. The summed E-state index contributed by atoms with van der Waals surface area (Å²) in [7, 11) is 0. The Morgan fingerprint density at radius 3 is 1.43 bits per heavy atom. The number of unbranched alkanes of at least 4 members (excludes halogenated alkanes) is 24. The van der Waals surface area contributed by atoms with Gasteiger partial charge in [-0.1, -0.05) is 184 Å². The normalized spacial score (nSPS) is 21.3. The van der Waals surface area contributed by atoms with Crippen LogP contribution in [0.15, 0.2) is 48.6 Å². The van der Waals surface area contributed by atoms with E-state index < -0.39 is 61.5 Å². The van der Waals surface area contributed by atoms with E-state index in [1.807, 2.05) is 6.08 Å². The van der Waals surface area contributed by atoms with Crippen LogP contribution in [0.25, 0.3) is 0 Å². The number of hydrogen-bond donors (Lipinski definition) is 7. The third kappa shape index (κ3) is 30.8. The smallest absolute Gasteiger partial charge is 0.249 e. The zero-order valence-corrected chi connectivity index (χ0v) is 38.8. The second-order valence-corrected chi connectivity index (χ2v) is 17.4. The van der Waals surface area contributed by atoms with E-state index in [9.17, 15) is 35.4 Å². The van der Waals surface area contributed by atoms with Crippen LogP contribution in [-0.2, 0) is 14.3 Å². The van der Waals surface area contributed by atoms with Crippen molar-refractivity contribution in [2.75, 3.05) is 13.2 Å². The van der Waals surface area contributed by atoms with Gasteiger partial charge in [0.1, 0.15) is 30.5 Å². The van der Waals surface area contributed by atoms with Gasteiger partial charge in [0.05, 0.1) is 25.4 Å². The molecule has 8 atom stereocenters. The van der Waals surface area contributed by atoms with Gasteiger partial charge < -0.3 is 45.4 Å². The van der Waals surface area contributed by atoms with E-state index >= 15 is 0 Å². The van der Waals surface area contributed by atoms with Gasteiger partial charge in [0.2, 0.25) is 5.91 Å². The van der Waals surface area contributed by atoms with Crippen LogP contribution < -0.4 is 5.32 Å². The van der Waals surface area contributed by atoms with Crippen molar-refractivity contribution in [2.45, 2.75) is 255 Å². The lowest BCUT2D eigenvalue weighted by Crippen LogP contribution is -2.60. The highest BCUT2D eigenvalue weighted by atomic mass is 16.7. The molecule has 61 heavy (non-hydrogen) atoms. The standard InChI is InChI=1S/C51H93NO9/c1-3-5-7-9-11-13-15-17-19-21-22-23-24-26-28-30-32-34-36-38-40-45(55)50(59)52-43(42-60-51-49(58)48(57)47(56)46(41-53)61-51)44(54)39-37-35-33-31-29-27-25-20-18-16-14-12-10-8-6-4-2/h18,20,23-24,29,31,37,39,43-49,51,53-58H,3-17,19,21-22,25-28,30,32-36,38,40-42H2,1-2H3,(H,52,59)/b20-18+,24-23-,31-29+,39-37+. The molecular formula is C51H93NO9. The van der Waals surface area contributed by atoms with E-state index in [2.05, 4.69) is 55.6 Å². The molecule has 0 bridgehead atoms. The molecule has 1 rings (SSSR count). The predicted molar refractivity (Wildman–Crippen MR) is 250 cm³/mol. The van der Waals surface area contributed by atoms with E-state index in [1.54, 1.807) is 6.08 Å². The Morgan fingerprint density at radius 1 is 0.557 bits per heavy atom. The number of nitrogens with one attached hydrogen (secondary N) is 1. The van der Waals surface area contributed by atoms with Crippen molar-refractivity contribution >= 4 is 5.91 Å². The lowest BCUT2D eigenvalue weighted by molar-refractivity contribution is -0.302. The Hall–Kier alpha value is -1.89. The second-order valence-electron chi connectivity index (χ2n) is 17.4. The van der Waals surface area contributed by atoms with Gasteiger partial charge in [-0.3, -0.25) is 4.79 Å². The van der Waals surface area contributed by atoms with E-state index in [1.165, 1.54) is 122 Å². The van der Waals surface area contributed by atoms with Crippen LogP contribution in [0, 0.1) is 0 Å². The fourth-order valence-electron chi connectivity index (χ4n) is 7.60. The number of carbonyl (C=O) groups excluding carboxylic acids is 1. The van der Waals surface area contributed by atoms with Gasteiger partial charge in [-0.25, -0.2) is 0 Å². The van der Waals surface area contributed by atoms with Gasteiger partial charge in [-0.05, 0) is 70.6 Å². The molecule has 1 amide bonds. The molecule has 1 aliphatic rings. The summed E-state index contributed by atoms with van der Waals surface area (Å²) < 4.78 is 11.1. The van der Waals surface area contributed by atoms with Crippen LogP contribution >= 0.6 is 0 Å². The van der Waals surface area contributed by atoms with Gasteiger partial charge in [0.25, 0.3) is 0 Å². The molecular weight excluding hydrogens is 771 g/mol. The zero-order valence-electron chi connectivity index (χ0n) is 38.8. The fourth-order valence-corrected chi connectivity index (χ4v) is 7.60. The summed E-state index contributed by atoms with van der Waals surface area (Å²) in [4.78, 5) is 13.1. The molecule has 0 aromatic heterocycles. The lowest BCUT2D eigenvalue weighted by Gasteiger charge is -2.40. The van der Waals surface area contributed by atoms with Crippen LogP contribution in [0.1, 0.15) is 206 Å². The summed E-state index contributed by atoms with van der Waals surface area (Å²) in [6.07, 6.45) is 42.0. The summed E-state index contributed by atoms with van der Waals surface area (Å²) in [5.74, 6) is -0.636. The summed E-state index contributed by atoms with van der Waals surface area (Å²) >= 11 is 0. The Morgan fingerprint density at radius 2 is 0.967 bits per heavy atom. The highest BCUT2D eigenvalue weighted by molar-refractivity contribution is 5.80. The number of rotatable bonds is 41. The van der Waals surface area contributed by atoms with Gasteiger partial charge in [0.15, 0.2) is 6.29 Å². The van der Waals surface area contributed by atoms with Crippen LogP contribution in [0.4, 0.5) is 0 Å². The molecule has 7 N–H and O–H groups in total. The average molecular weight is 864 g/mol. The van der Waals surface area contributed by atoms with Crippen LogP contribution in [0.2, 0.25) is 0 Å². The number of carbonyl (C=O) groups is 1. The Labute approximate surface area is 372 Å². The van der Waals surface area contributed by atoms with E-state index in [-0.39, 0.29) is 6.61 Å². The molecule has 0 saturated carbocycles. The van der Waals surface area contributed by atoms with E-state index in [0.717, 1.165) is 51.4 Å². The van der Waals surface area contributed by atoms with Crippen molar-refractivity contribution in [3.05, 3.63) is 48.6 Å². The van der Waals surface area contributed by atoms with Crippen molar-refractivity contribution in [1.82, 2.24) is 5.32 Å². The summed E-state index contributed by atoms with van der Waals surface area (Å²) in [6.45, 7) is 3.58. The maximum Gasteiger partial charge on any atom is 0.249 e. The summed E-state index contributed by atoms with van der Waals surface area (Å²) in [6, 6.07) is -1.01. The topological polar surface area (TPSA) is 169 Å². The maximum atomic E-state index is 13.1. The van der Waals surface area contributed by atoms with Gasteiger partial charge in [0, 0.05) is 0 Å². The highest BCUT2D eigenvalue weighted by Gasteiger charge is 2.44. The van der Waals surface area contributed by atoms with Crippen LogP contribution in [-0.4, -0.2) is 98.7 Å². The molecule has 10 heteroatoms. The molecule has 0 radical (unpaired) electrons. The first kappa shape index (κ1) is 57.1. The van der Waals surface area contributed by atoms with E-state index in [4.69, 9.17) is 9.47 Å². The number of hydrogen-bond acceptors (Lipinski definition) is 9. The third-order valence-corrected chi connectivity index (χ3v) is 11.7. The fraction of sp³-hybridized carbons (Fsp3) is 0.824. The molecule has 356 valence electrons. The molecule has 10 nitrogen and oxygen atoms in total. The van der Waals surface area contributed by atoms with Gasteiger partial charge in [-0.2, -0.15) is 0 Å². The number of aliphatic hydroxyl groups is 6. The van der Waals surface area contributed by atoms with Crippen molar-refractivity contribution < 1.29 is 44.9 Å². The van der Waals surface area contributed by atoms with Crippen molar-refractivity contribution in [3.8, 4) is 0 Å². The monoisotopic (exact) mass is 864 g/mol. The molecule has 0 aliphatic carbocycles. The summed E-state index contributed by atoms with van der Waals surface area (Å²) in [5.41, 5.74) is 0. The Bertz CT molecular complexity index is 1110. The quantitative estimate of drug-likeness (QED) is 0.0234. The highest BCUT2D eigenvalue weighted by Crippen LogP contribution is 2.23. The molecule has 0 aromatic rings. The molecule has 1 saturated heterocycles. The number of aliphatic hydroxyl groups excluding tert-OH is 6. The number of allylic oxidation sites excluding steroid dienone is 7. The zero-order chi connectivity index (χ0) is 44.6. The third-order valence-electron chi connectivity index (χ3n) is 11.7. The van der Waals surface area contributed by atoms with E-state index in [0.29, 0.717) is 19.3 Å². The Balaban J connectivity index is 2.40. The molecule has 8 unspecified atom stereocenters. The summed E-state index contributed by atoms with van der Waals surface area (Å²) in [5, 5.41) is 64.7. The maximum absolute atomic E-state index is 13.1. The van der Waals surface area contributed by atoms with Crippen molar-refractivity contribution in [1.29, 1.82) is 0 Å². The predicted octanol–water partition coefficient (Wildman–Crippen LogP) is 9.98. The first-order valence-corrected chi connectivity index (χ1v) is 25.0. The molecule has 0 aromatic carbocycles. The van der Waals surface area contributed by atoms with Crippen molar-refractivity contribution in [2.24, 2.45) is 0 Å². The first-order chi connectivity index (χ1) is 29.8. The second kappa shape index (κ2) is 40.9. The molecule has 1 heterocycles. The molecule has 0 spiro atoms.